The van der Waals surface area contributed by atoms with Crippen molar-refractivity contribution in [1.82, 2.24) is 4.90 Å². The highest BCUT2D eigenvalue weighted by atomic mass is 16.7. The zero-order valence-corrected chi connectivity index (χ0v) is 23.1. The van der Waals surface area contributed by atoms with E-state index in [0.29, 0.717) is 0 Å². The summed E-state index contributed by atoms with van der Waals surface area (Å²) in [4.78, 5) is 40.8. The minimum Gasteiger partial charge on any atom is -0.511 e. The summed E-state index contributed by atoms with van der Waals surface area (Å²) in [6, 6.07) is 5.75. The molecule has 6 rings (SSSR count). The molecule has 1 amide bonds. The van der Waals surface area contributed by atoms with Crippen LogP contribution in [0.2, 0.25) is 0 Å². The molecule has 1 saturated carbocycles. The van der Waals surface area contributed by atoms with Crippen molar-refractivity contribution in [3.05, 3.63) is 58.1 Å². The molecule has 2 saturated heterocycles. The average Bonchev–Trinajstić information content (AvgIpc) is 3.38. The second-order valence-corrected chi connectivity index (χ2v) is 11.7. The highest BCUT2D eigenvalue weighted by Gasteiger charge is 2.56. The highest BCUT2D eigenvalue weighted by Crippen LogP contribution is 2.51. The molecular weight excluding hydrogens is 552 g/mol. The van der Waals surface area contributed by atoms with Crippen LogP contribution in [0.5, 0.6) is 0 Å². The molecule has 2 heterocycles. The lowest BCUT2D eigenvalue weighted by atomic mass is 9.62. The minimum atomic E-state index is -1.35. The summed E-state index contributed by atoms with van der Waals surface area (Å²) in [6.07, 6.45) is -4.81. The average molecular weight is 587 g/mol. The van der Waals surface area contributed by atoms with Crippen LogP contribution in [0.25, 0.3) is 0 Å². The number of carbonyl (C=O) groups excluding carboxylic acids is 3. The van der Waals surface area contributed by atoms with Crippen LogP contribution in [-0.2, 0) is 18.9 Å². The van der Waals surface area contributed by atoms with Crippen molar-refractivity contribution in [2.24, 2.45) is 17.6 Å². The van der Waals surface area contributed by atoms with E-state index in [1.807, 2.05) is 0 Å². The molecule has 3 fully saturated rings. The monoisotopic (exact) mass is 586 g/mol. The van der Waals surface area contributed by atoms with Crippen molar-refractivity contribution in [3.8, 4) is 0 Å². The van der Waals surface area contributed by atoms with Crippen LogP contribution >= 0.6 is 0 Å². The molecule has 13 heteroatoms. The molecule has 6 N–H and O–H groups in total. The quantitative estimate of drug-likeness (QED) is 0.319. The van der Waals surface area contributed by atoms with Crippen LogP contribution in [0.3, 0.4) is 0 Å². The van der Waals surface area contributed by atoms with Gasteiger partial charge in [-0.05, 0) is 26.7 Å². The van der Waals surface area contributed by atoms with Crippen LogP contribution in [0.15, 0.2) is 46.9 Å². The first-order valence-corrected chi connectivity index (χ1v) is 13.9. The van der Waals surface area contributed by atoms with E-state index in [2.05, 4.69) is 0 Å². The standard InChI is InChI=1S/C29H34N2O11/c1-12-27-17(31(10-39-27)28(38)40-11-32)7-19(41-12)42-18-9-29(30,13(2)33)8-16-20(18)26(37)22-21(25(16)36)23(34)14-5-3-4-6-15(14)24(22)35/h3-6,12-13,17-19,21-22,27,32-33,36-37H,7-11,30H2,1-2H3/t12-,13?,17-,18-,19-,21?,22?,27+,29-/m0/s1. The van der Waals surface area contributed by atoms with Gasteiger partial charge in [-0.2, -0.15) is 0 Å². The molecule has 5 aliphatic rings. The van der Waals surface area contributed by atoms with Crippen LogP contribution in [-0.4, -0.2) is 98.8 Å². The largest absolute Gasteiger partial charge is 0.511 e. The number of aliphatic hydroxyl groups excluding tert-OH is 4. The fourth-order valence-corrected chi connectivity index (χ4v) is 7.02. The van der Waals surface area contributed by atoms with E-state index in [-0.39, 0.29) is 54.0 Å². The van der Waals surface area contributed by atoms with Gasteiger partial charge >= 0.3 is 6.09 Å². The lowest BCUT2D eigenvalue weighted by molar-refractivity contribution is -0.236. The summed E-state index contributed by atoms with van der Waals surface area (Å²) in [5, 5.41) is 42.9. The van der Waals surface area contributed by atoms with Gasteiger partial charge in [0, 0.05) is 34.2 Å². The number of fused-ring (bicyclic) bond motifs is 4. The number of allylic oxidation sites excluding steroid dienone is 2. The zero-order valence-electron chi connectivity index (χ0n) is 23.1. The Kier molecular flexibility index (Phi) is 7.15. The molecule has 0 spiro atoms. The van der Waals surface area contributed by atoms with Gasteiger partial charge in [0.05, 0.1) is 36.2 Å². The van der Waals surface area contributed by atoms with Crippen molar-refractivity contribution in [2.45, 2.75) is 75.4 Å². The molecule has 0 aromatic heterocycles. The Balaban J connectivity index is 1.37. The minimum absolute atomic E-state index is 0.00788. The lowest BCUT2D eigenvalue weighted by Crippen LogP contribution is -2.58. The molecule has 0 bridgehead atoms. The third-order valence-corrected chi connectivity index (χ3v) is 9.27. The number of carbonyl (C=O) groups is 3. The number of amides is 1. The van der Waals surface area contributed by atoms with Gasteiger partial charge in [-0.1, -0.05) is 24.3 Å². The highest BCUT2D eigenvalue weighted by molar-refractivity contribution is 6.18. The number of aliphatic hydroxyl groups is 4. The predicted molar refractivity (Wildman–Crippen MR) is 142 cm³/mol. The predicted octanol–water partition coefficient (Wildman–Crippen LogP) is 1.44. The molecule has 42 heavy (non-hydrogen) atoms. The Hall–Kier alpha value is -3.33. The fraction of sp³-hybridized carbons (Fsp3) is 0.552. The maximum Gasteiger partial charge on any atom is 0.414 e. The first kappa shape index (κ1) is 28.8. The van der Waals surface area contributed by atoms with Crippen molar-refractivity contribution < 1.29 is 53.8 Å². The number of ether oxygens (including phenoxy) is 4. The van der Waals surface area contributed by atoms with Gasteiger partial charge in [-0.15, -0.1) is 0 Å². The van der Waals surface area contributed by atoms with E-state index in [9.17, 15) is 29.7 Å². The van der Waals surface area contributed by atoms with E-state index in [4.69, 9.17) is 29.8 Å². The zero-order chi connectivity index (χ0) is 30.1. The van der Waals surface area contributed by atoms with Gasteiger partial charge < -0.3 is 45.1 Å². The third kappa shape index (κ3) is 4.34. The van der Waals surface area contributed by atoms with Crippen molar-refractivity contribution in [2.75, 3.05) is 13.5 Å². The molecule has 13 nitrogen and oxygen atoms in total. The molecule has 3 unspecified atom stereocenters. The van der Waals surface area contributed by atoms with E-state index < -0.39 is 84.3 Å². The van der Waals surface area contributed by atoms with Gasteiger partial charge in [-0.25, -0.2) is 4.79 Å². The molecule has 1 aromatic carbocycles. The van der Waals surface area contributed by atoms with Crippen molar-refractivity contribution in [3.63, 3.8) is 0 Å². The number of hydrogen-bond donors (Lipinski definition) is 5. The van der Waals surface area contributed by atoms with Gasteiger partial charge in [0.1, 0.15) is 24.4 Å². The van der Waals surface area contributed by atoms with Gasteiger partial charge in [0.25, 0.3) is 0 Å². The lowest BCUT2D eigenvalue weighted by Gasteiger charge is -2.47. The number of benzene rings is 1. The maximum absolute atomic E-state index is 13.6. The smallest absolute Gasteiger partial charge is 0.414 e. The molecule has 226 valence electrons. The third-order valence-electron chi connectivity index (χ3n) is 9.27. The number of nitrogens with two attached hydrogens (primary N) is 1. The summed E-state index contributed by atoms with van der Waals surface area (Å²) in [5.41, 5.74) is 5.92. The number of nitrogens with zero attached hydrogens (tertiary/aromatic N) is 1. The van der Waals surface area contributed by atoms with E-state index in [1.165, 1.54) is 24.0 Å². The first-order valence-electron chi connectivity index (χ1n) is 13.9. The number of rotatable bonds is 4. The Bertz CT molecular complexity index is 1390. The van der Waals surface area contributed by atoms with Gasteiger partial charge in [0.2, 0.25) is 0 Å². The summed E-state index contributed by atoms with van der Waals surface area (Å²) in [7, 11) is 0. The molecule has 3 aliphatic carbocycles. The van der Waals surface area contributed by atoms with Crippen molar-refractivity contribution in [1.29, 1.82) is 0 Å². The molecular formula is C29H34N2O11. The van der Waals surface area contributed by atoms with Crippen LogP contribution in [0.1, 0.15) is 53.8 Å². The van der Waals surface area contributed by atoms with Crippen LogP contribution in [0, 0.1) is 11.8 Å². The molecule has 0 radical (unpaired) electrons. The van der Waals surface area contributed by atoms with Crippen molar-refractivity contribution >= 4 is 17.7 Å². The summed E-state index contributed by atoms with van der Waals surface area (Å²) in [6.45, 7) is 2.39. The Morgan fingerprint density at radius 1 is 1.17 bits per heavy atom. The molecule has 2 aliphatic heterocycles. The summed E-state index contributed by atoms with van der Waals surface area (Å²) < 4.78 is 22.9. The second-order valence-electron chi connectivity index (χ2n) is 11.7. The van der Waals surface area contributed by atoms with E-state index in [1.54, 1.807) is 19.1 Å². The van der Waals surface area contributed by atoms with E-state index >= 15 is 0 Å². The van der Waals surface area contributed by atoms with Gasteiger partial charge in [-0.3, -0.25) is 14.5 Å². The molecule has 9 atom stereocenters. The second kappa shape index (κ2) is 10.4. The Morgan fingerprint density at radius 2 is 1.81 bits per heavy atom. The SMILES string of the molecule is CC(O)[C@]1(N)CC2=C(O)C3C(=O)c4ccccc4C(=O)C3C(O)=C2[C@@H](O[C@H]2C[C@H]3[C@H](OCN3C(=O)OCO)[C@H](C)O2)C1. The number of ketones is 2. The normalized spacial score (nSPS) is 36.7. The number of hydrogen-bond acceptors (Lipinski definition) is 12. The topological polar surface area (TPSA) is 198 Å². The first-order chi connectivity index (χ1) is 20.0. The Labute approximate surface area is 241 Å². The fourth-order valence-electron chi connectivity index (χ4n) is 7.02. The Morgan fingerprint density at radius 3 is 2.43 bits per heavy atom. The maximum atomic E-state index is 13.6. The van der Waals surface area contributed by atoms with Crippen LogP contribution in [0.4, 0.5) is 4.79 Å². The van der Waals surface area contributed by atoms with Gasteiger partial charge in [0.15, 0.2) is 24.6 Å². The summed E-state index contributed by atoms with van der Waals surface area (Å²) in [5.74, 6) is -4.47. The van der Waals surface area contributed by atoms with E-state index in [0.717, 1.165) is 0 Å². The summed E-state index contributed by atoms with van der Waals surface area (Å²) >= 11 is 0. The number of Topliss-reactive ketones (excluding diaryl/α,β-unsaturated/α-hetero) is 2. The van der Waals surface area contributed by atoms with Crippen LogP contribution < -0.4 is 5.73 Å². The molecule has 1 aromatic rings.